The lowest BCUT2D eigenvalue weighted by molar-refractivity contribution is -0.140. The highest BCUT2D eigenvalue weighted by Crippen LogP contribution is 2.22. The number of nitrogens with one attached hydrogen (secondary N) is 10. The number of nitrogens with zero attached hydrogens (tertiary/aromatic N) is 1. The van der Waals surface area contributed by atoms with Crippen molar-refractivity contribution < 1.29 is 63.0 Å². The van der Waals surface area contributed by atoms with E-state index in [1.54, 1.807) is 20.8 Å². The Morgan fingerprint density at radius 2 is 1.12 bits per heavy atom. The second kappa shape index (κ2) is 39.9. The molecule has 1 aliphatic rings. The lowest BCUT2D eigenvalue weighted by Gasteiger charge is -2.32. The summed E-state index contributed by atoms with van der Waals surface area (Å²) in [7, 11) is 0. The largest absolute Gasteiger partial charge is 0.395 e. The van der Waals surface area contributed by atoms with Gasteiger partial charge in [0.25, 0.3) is 0 Å². The Morgan fingerprint density at radius 3 is 1.67 bits per heavy atom. The molecule has 0 spiro atoms. The molecule has 0 radical (unpaired) electrons. The van der Waals surface area contributed by atoms with Crippen molar-refractivity contribution in [3.05, 3.63) is 0 Å². The lowest BCUT2D eigenvalue weighted by Crippen LogP contribution is -2.64. The Kier molecular flexibility index (Phi) is 36.3. The van der Waals surface area contributed by atoms with Crippen LogP contribution in [0.3, 0.4) is 0 Å². The normalized spacial score (nSPS) is 16.7. The van der Waals surface area contributed by atoms with Gasteiger partial charge in [-0.2, -0.15) is 0 Å². The van der Waals surface area contributed by atoms with Gasteiger partial charge in [-0.3, -0.25) is 52.7 Å². The average molecular weight is 1220 g/mol. The number of Topliss-reactive ketones (excluding diaryl/α,β-unsaturated/α-hetero) is 1. The van der Waals surface area contributed by atoms with Gasteiger partial charge in [-0.1, -0.05) is 94.4 Å². The SMILES string of the molecule is CCCCCC[C@H](C)C[C@H](NC(=O)C(C)(C)NC(=O)[C@H](C)NC(=O)[C@H](C[C@@H](C)C[C@@H](O)CC(=O)CC)NC(=O)[C@@H]1CCCN1C(=O)CCC)C(=O)N[C@@H](CC(C)C)C(=O)NC(C)(C)C(=O)N[C@@H](CC(C)C)C(=O)NCCC(=O)N[C@@H](C)CNCCO. The van der Waals surface area contributed by atoms with Gasteiger partial charge in [0, 0.05) is 57.9 Å². The minimum Gasteiger partial charge on any atom is -0.395 e. The van der Waals surface area contributed by atoms with Gasteiger partial charge < -0.3 is 68.3 Å². The van der Waals surface area contributed by atoms with Crippen LogP contribution >= 0.6 is 0 Å². The predicted octanol–water partition coefficient (Wildman–Crippen LogP) is 2.84. The summed E-state index contributed by atoms with van der Waals surface area (Å²) in [5, 5.41) is 47.5. The van der Waals surface area contributed by atoms with E-state index < -0.39 is 101 Å². The van der Waals surface area contributed by atoms with Crippen LogP contribution in [0, 0.1) is 23.7 Å². The second-order valence-electron chi connectivity index (χ2n) is 25.8. The van der Waals surface area contributed by atoms with Crippen molar-refractivity contribution in [2.24, 2.45) is 23.7 Å². The zero-order valence-corrected chi connectivity index (χ0v) is 54.8. The van der Waals surface area contributed by atoms with Crippen LogP contribution in [-0.4, -0.2) is 172 Å². The summed E-state index contributed by atoms with van der Waals surface area (Å²) in [6, 6.07) is -6.90. The maximum atomic E-state index is 14.5. The van der Waals surface area contributed by atoms with Crippen molar-refractivity contribution in [1.82, 2.24) is 58.1 Å². The molecular weight excluding hydrogens is 1110 g/mol. The molecule has 12 N–H and O–H groups in total. The Balaban J connectivity index is 3.37. The van der Waals surface area contributed by atoms with Gasteiger partial charge in [0.05, 0.1) is 12.7 Å². The molecule has 0 unspecified atom stereocenters. The van der Waals surface area contributed by atoms with E-state index in [1.165, 1.54) is 39.5 Å². The van der Waals surface area contributed by atoms with Crippen LogP contribution in [-0.2, 0) is 52.7 Å². The number of aliphatic hydroxyl groups excluding tert-OH is 2. The molecule has 0 aliphatic carbocycles. The molecule has 10 amide bonds. The van der Waals surface area contributed by atoms with E-state index in [0.29, 0.717) is 38.9 Å². The van der Waals surface area contributed by atoms with Crippen molar-refractivity contribution in [2.75, 3.05) is 32.8 Å². The Morgan fingerprint density at radius 1 is 0.570 bits per heavy atom. The maximum absolute atomic E-state index is 14.5. The molecule has 0 bridgehead atoms. The monoisotopic (exact) mass is 1220 g/mol. The number of unbranched alkanes of at least 4 members (excludes halogenated alkanes) is 3. The summed E-state index contributed by atoms with van der Waals surface area (Å²) >= 11 is 0. The van der Waals surface area contributed by atoms with Crippen molar-refractivity contribution in [1.29, 1.82) is 0 Å². The number of ketones is 1. The van der Waals surface area contributed by atoms with Gasteiger partial charge in [0.15, 0.2) is 0 Å². The first-order valence-corrected chi connectivity index (χ1v) is 31.8. The number of rotatable bonds is 43. The van der Waals surface area contributed by atoms with Crippen molar-refractivity contribution >= 4 is 64.9 Å². The number of hydrogen-bond acceptors (Lipinski definition) is 14. The molecule has 0 aromatic carbocycles. The second-order valence-corrected chi connectivity index (χ2v) is 25.8. The molecule has 10 atom stereocenters. The number of likely N-dealkylation sites (tertiary alicyclic amines) is 1. The predicted molar refractivity (Wildman–Crippen MR) is 330 cm³/mol. The molecule has 24 heteroatoms. The molecule has 1 aliphatic heterocycles. The van der Waals surface area contributed by atoms with Gasteiger partial charge >= 0.3 is 0 Å². The highest BCUT2D eigenvalue weighted by atomic mass is 16.3. The first kappa shape index (κ1) is 78.3. The Bertz CT molecular complexity index is 2190. The molecule has 1 saturated heterocycles. The molecule has 1 rings (SSSR count). The van der Waals surface area contributed by atoms with Gasteiger partial charge in [0.2, 0.25) is 59.1 Å². The fraction of sp³-hybridized carbons (Fsp3) is 0.823. The van der Waals surface area contributed by atoms with E-state index in [9.17, 15) is 57.8 Å². The van der Waals surface area contributed by atoms with Gasteiger partial charge in [-0.15, -0.1) is 0 Å². The van der Waals surface area contributed by atoms with E-state index in [1.807, 2.05) is 41.5 Å². The summed E-state index contributed by atoms with van der Waals surface area (Å²) in [5.41, 5.74) is -3.29. The molecular formula is C62H113N11O13. The number of carbonyl (C=O) groups excluding carboxylic acids is 11. The summed E-state index contributed by atoms with van der Waals surface area (Å²) in [6.07, 6.45) is 6.40. The smallest absolute Gasteiger partial charge is 0.245 e. The van der Waals surface area contributed by atoms with Crippen molar-refractivity contribution in [3.63, 3.8) is 0 Å². The van der Waals surface area contributed by atoms with Gasteiger partial charge in [-0.25, -0.2) is 0 Å². The highest BCUT2D eigenvalue weighted by Gasteiger charge is 2.40. The fourth-order valence-corrected chi connectivity index (χ4v) is 10.2. The van der Waals surface area contributed by atoms with E-state index in [4.69, 9.17) is 5.11 Å². The summed E-state index contributed by atoms with van der Waals surface area (Å²) in [5.74, 6) is -6.55. The third-order valence-corrected chi connectivity index (χ3v) is 15.2. The van der Waals surface area contributed by atoms with E-state index in [0.717, 1.165) is 32.1 Å². The van der Waals surface area contributed by atoms with E-state index in [-0.39, 0.29) is 118 Å². The molecule has 1 fully saturated rings. The number of hydrogen-bond donors (Lipinski definition) is 12. The Labute approximate surface area is 513 Å². The standard InChI is InChI=1S/C62H113N11O13/c1-16-19-20-21-24-40(8)34-49(56(82)67-47(32-39(6)7)57(83)72-62(14,15)60(86)69-46(31-38(4)5)54(80)64-27-26-51(77)65-42(10)37-63-28-30-74)70-59(85)61(12,13)71-53(79)43(11)66-55(81)48(35-41(9)33-45(76)36-44(75)18-3)68-58(84)50-25-22-29-73(50)52(78)23-17-2/h38-43,45-50,63,74,76H,16-37H2,1-15H3,(H,64,80)(H,65,77)(H,66,81)(H,67,82)(H,68,84)(H,69,86)(H,70,85)(H,71,79)(H,72,83)/t40-,41-,42-,43-,45+,46-,47-,48-,49-,50-/m0/s1. The fourth-order valence-electron chi connectivity index (χ4n) is 10.2. The van der Waals surface area contributed by atoms with Crippen LogP contribution in [0.4, 0.5) is 0 Å². The molecule has 0 aromatic heterocycles. The zero-order valence-electron chi connectivity index (χ0n) is 54.8. The van der Waals surface area contributed by atoms with Crippen LogP contribution < -0.4 is 53.2 Å². The van der Waals surface area contributed by atoms with Gasteiger partial charge in [0.1, 0.15) is 53.1 Å². The third-order valence-electron chi connectivity index (χ3n) is 15.2. The summed E-state index contributed by atoms with van der Waals surface area (Å²) in [4.78, 5) is 152. The van der Waals surface area contributed by atoms with Crippen LogP contribution in [0.2, 0.25) is 0 Å². The lowest BCUT2D eigenvalue weighted by atomic mass is 9.92. The topological polar surface area (TPSA) is 352 Å². The zero-order chi connectivity index (χ0) is 65.5. The van der Waals surface area contributed by atoms with Crippen LogP contribution in [0.1, 0.15) is 213 Å². The highest BCUT2D eigenvalue weighted by molar-refractivity contribution is 5.99. The van der Waals surface area contributed by atoms with Crippen LogP contribution in [0.15, 0.2) is 0 Å². The van der Waals surface area contributed by atoms with E-state index in [2.05, 4.69) is 60.1 Å². The minimum absolute atomic E-state index is 0.00177. The average Bonchev–Trinajstić information content (AvgIpc) is 4.02. The first-order valence-electron chi connectivity index (χ1n) is 31.8. The molecule has 24 nitrogen and oxygen atoms in total. The summed E-state index contributed by atoms with van der Waals surface area (Å²) < 4.78 is 0. The summed E-state index contributed by atoms with van der Waals surface area (Å²) in [6.45, 7) is 27.1. The maximum Gasteiger partial charge on any atom is 0.245 e. The number of aliphatic hydroxyl groups is 2. The number of carbonyl (C=O) groups is 11. The third kappa shape index (κ3) is 30.2. The molecule has 0 aromatic rings. The van der Waals surface area contributed by atoms with Crippen molar-refractivity contribution in [2.45, 2.75) is 272 Å². The molecule has 494 valence electrons. The van der Waals surface area contributed by atoms with E-state index >= 15 is 0 Å². The van der Waals surface area contributed by atoms with Gasteiger partial charge in [-0.05, 0) is 117 Å². The van der Waals surface area contributed by atoms with Crippen molar-refractivity contribution in [3.8, 4) is 0 Å². The number of amides is 10. The van der Waals surface area contributed by atoms with Crippen LogP contribution in [0.5, 0.6) is 0 Å². The minimum atomic E-state index is -1.69. The quantitative estimate of drug-likeness (QED) is 0.0391. The molecule has 86 heavy (non-hydrogen) atoms. The Hall–Kier alpha value is -5.75. The van der Waals surface area contributed by atoms with Crippen LogP contribution in [0.25, 0.3) is 0 Å². The first-order chi connectivity index (χ1) is 40.2. The molecule has 0 saturated carbocycles. The molecule has 1 heterocycles.